The summed E-state index contributed by atoms with van der Waals surface area (Å²) in [6.07, 6.45) is 0. The molecule has 3 heteroatoms. The van der Waals surface area contributed by atoms with Crippen LogP contribution in [-0.2, 0) is 5.33 Å². The maximum atomic E-state index is 12.8. The molecule has 0 N–H and O–H groups in total. The molecular weight excluding hydrogens is 299 g/mol. The number of hydrogen-bond donors (Lipinski definition) is 0. The first kappa shape index (κ1) is 13.1. The highest BCUT2D eigenvalue weighted by atomic mass is 79.9. The van der Waals surface area contributed by atoms with Gasteiger partial charge >= 0.3 is 0 Å². The summed E-state index contributed by atoms with van der Waals surface area (Å²) in [4.78, 5) is 0. The molecule has 1 rings (SSSR count). The molecule has 13 heavy (non-hydrogen) atoms. The van der Waals surface area contributed by atoms with Gasteiger partial charge in [-0.05, 0) is 46.1 Å². The Bertz CT molecular complexity index is 272. The highest BCUT2D eigenvalue weighted by Crippen LogP contribution is 2.21. The van der Waals surface area contributed by atoms with E-state index in [9.17, 15) is 4.39 Å². The van der Waals surface area contributed by atoms with Gasteiger partial charge in [0.15, 0.2) is 0 Å². The van der Waals surface area contributed by atoms with Gasteiger partial charge in [0, 0.05) is 5.33 Å². The average Bonchev–Trinajstić information content (AvgIpc) is 2.15. The Morgan fingerprint density at radius 3 is 2.31 bits per heavy atom. The fourth-order valence-electron chi connectivity index (χ4n) is 0.831. The van der Waals surface area contributed by atoms with Crippen LogP contribution in [0, 0.1) is 12.7 Å². The van der Waals surface area contributed by atoms with Gasteiger partial charge < -0.3 is 0 Å². The molecule has 0 saturated heterocycles. The summed E-state index contributed by atoms with van der Waals surface area (Å²) in [5.41, 5.74) is 2.08. The molecule has 0 bridgehead atoms. The predicted octanol–water partition coefficient (Wildman–Crippen LogP) is 4.82. The molecule has 0 spiro atoms. The minimum absolute atomic E-state index is 0.202. The molecule has 0 atom stereocenters. The van der Waals surface area contributed by atoms with E-state index in [-0.39, 0.29) is 5.82 Å². The quantitative estimate of drug-likeness (QED) is 0.652. The molecule has 1 aromatic rings. The maximum Gasteiger partial charge on any atom is 0.137 e. The van der Waals surface area contributed by atoms with Crippen molar-refractivity contribution in [1.82, 2.24) is 0 Å². The van der Waals surface area contributed by atoms with Crippen molar-refractivity contribution >= 4 is 31.9 Å². The van der Waals surface area contributed by atoms with E-state index in [1.165, 1.54) is 6.07 Å². The third kappa shape index (κ3) is 3.77. The molecule has 74 valence electrons. The second kappa shape index (κ2) is 6.55. The Hall–Kier alpha value is 0.110. The summed E-state index contributed by atoms with van der Waals surface area (Å²) in [7, 11) is 0. The smallest absolute Gasteiger partial charge is 0.137 e. The molecule has 0 aliphatic carbocycles. The van der Waals surface area contributed by atoms with E-state index >= 15 is 0 Å². The standard InChI is InChI=1S/C8H7Br2F.C2H6/c1-5-2-8(11)7(10)3-6(5)4-9;1-2/h2-3H,4H2,1H3;1-2H3. The number of benzene rings is 1. The Morgan fingerprint density at radius 2 is 1.85 bits per heavy atom. The van der Waals surface area contributed by atoms with E-state index in [0.717, 1.165) is 16.5 Å². The number of aryl methyl sites for hydroxylation is 1. The second-order valence-electron chi connectivity index (χ2n) is 2.33. The van der Waals surface area contributed by atoms with Crippen molar-refractivity contribution in [3.63, 3.8) is 0 Å². The van der Waals surface area contributed by atoms with Gasteiger partial charge in [0.05, 0.1) is 4.47 Å². The van der Waals surface area contributed by atoms with Crippen molar-refractivity contribution in [3.05, 3.63) is 33.5 Å². The van der Waals surface area contributed by atoms with Gasteiger partial charge in [-0.15, -0.1) is 0 Å². The molecule has 1 aromatic carbocycles. The average molecular weight is 312 g/mol. The number of hydrogen-bond acceptors (Lipinski definition) is 0. The summed E-state index contributed by atoms with van der Waals surface area (Å²) >= 11 is 6.45. The summed E-state index contributed by atoms with van der Waals surface area (Å²) in [6, 6.07) is 3.32. The molecule has 0 unspecified atom stereocenters. The van der Waals surface area contributed by atoms with Crippen LogP contribution in [0.5, 0.6) is 0 Å². The molecular formula is C10H13Br2F. The second-order valence-corrected chi connectivity index (χ2v) is 3.74. The monoisotopic (exact) mass is 310 g/mol. The topological polar surface area (TPSA) is 0 Å². The van der Waals surface area contributed by atoms with E-state index in [1.54, 1.807) is 6.07 Å². The van der Waals surface area contributed by atoms with Gasteiger partial charge in [0.2, 0.25) is 0 Å². The SMILES string of the molecule is CC.Cc1cc(F)c(Br)cc1CBr. The molecule has 0 aliphatic heterocycles. The maximum absolute atomic E-state index is 12.8. The lowest BCUT2D eigenvalue weighted by Crippen LogP contribution is -1.87. The highest BCUT2D eigenvalue weighted by Gasteiger charge is 2.02. The number of rotatable bonds is 1. The normalized spacial score (nSPS) is 9.08. The van der Waals surface area contributed by atoms with Gasteiger partial charge in [-0.2, -0.15) is 0 Å². The Balaban J connectivity index is 0.000000671. The lowest BCUT2D eigenvalue weighted by Gasteiger charge is -2.02. The zero-order valence-electron chi connectivity index (χ0n) is 8.00. The summed E-state index contributed by atoms with van der Waals surface area (Å²) in [6.45, 7) is 5.89. The summed E-state index contributed by atoms with van der Waals surface area (Å²) in [5.74, 6) is -0.202. The van der Waals surface area contributed by atoms with Crippen LogP contribution < -0.4 is 0 Å². The van der Waals surface area contributed by atoms with Crippen molar-refractivity contribution in [2.45, 2.75) is 26.1 Å². The molecule has 0 aliphatic rings. The molecule has 0 nitrogen and oxygen atoms in total. The van der Waals surface area contributed by atoms with Gasteiger partial charge in [-0.3, -0.25) is 0 Å². The zero-order chi connectivity index (χ0) is 10.4. The van der Waals surface area contributed by atoms with E-state index in [1.807, 2.05) is 20.8 Å². The first-order valence-electron chi connectivity index (χ1n) is 4.15. The van der Waals surface area contributed by atoms with Crippen LogP contribution >= 0.6 is 31.9 Å². The van der Waals surface area contributed by atoms with E-state index in [0.29, 0.717) is 4.47 Å². The highest BCUT2D eigenvalue weighted by molar-refractivity contribution is 9.10. The predicted molar refractivity (Wildman–Crippen MR) is 62.8 cm³/mol. The lowest BCUT2D eigenvalue weighted by molar-refractivity contribution is 0.619. The van der Waals surface area contributed by atoms with Crippen LogP contribution in [0.1, 0.15) is 25.0 Å². The van der Waals surface area contributed by atoms with Gasteiger partial charge in [-0.1, -0.05) is 29.8 Å². The fourth-order valence-corrected chi connectivity index (χ4v) is 1.83. The van der Waals surface area contributed by atoms with Crippen molar-refractivity contribution in [2.75, 3.05) is 0 Å². The first-order valence-corrected chi connectivity index (χ1v) is 6.07. The molecule has 0 amide bonds. The van der Waals surface area contributed by atoms with Crippen LogP contribution in [0.3, 0.4) is 0 Å². The van der Waals surface area contributed by atoms with Crippen LogP contribution in [0.4, 0.5) is 4.39 Å². The van der Waals surface area contributed by atoms with Gasteiger partial charge in [0.25, 0.3) is 0 Å². The number of halogens is 3. The van der Waals surface area contributed by atoms with Crippen molar-refractivity contribution < 1.29 is 4.39 Å². The lowest BCUT2D eigenvalue weighted by atomic mass is 10.1. The van der Waals surface area contributed by atoms with E-state index in [4.69, 9.17) is 0 Å². The third-order valence-corrected chi connectivity index (χ3v) is 2.73. The molecule has 0 radical (unpaired) electrons. The van der Waals surface area contributed by atoms with E-state index < -0.39 is 0 Å². The number of alkyl halides is 1. The summed E-state index contributed by atoms with van der Waals surface area (Å²) < 4.78 is 13.4. The molecule has 0 fully saturated rings. The van der Waals surface area contributed by atoms with Gasteiger partial charge in [-0.25, -0.2) is 4.39 Å². The zero-order valence-corrected chi connectivity index (χ0v) is 11.2. The minimum atomic E-state index is -0.202. The van der Waals surface area contributed by atoms with Gasteiger partial charge in [0.1, 0.15) is 5.82 Å². The first-order chi connectivity index (χ1) is 6.15. The fraction of sp³-hybridized carbons (Fsp3) is 0.400. The van der Waals surface area contributed by atoms with Crippen molar-refractivity contribution in [2.24, 2.45) is 0 Å². The van der Waals surface area contributed by atoms with Crippen LogP contribution in [-0.4, -0.2) is 0 Å². The van der Waals surface area contributed by atoms with Crippen LogP contribution in [0.25, 0.3) is 0 Å². The third-order valence-electron chi connectivity index (χ3n) is 1.52. The van der Waals surface area contributed by atoms with Crippen molar-refractivity contribution in [3.8, 4) is 0 Å². The largest absolute Gasteiger partial charge is 0.206 e. The van der Waals surface area contributed by atoms with Crippen LogP contribution in [0.15, 0.2) is 16.6 Å². The molecule has 0 saturated carbocycles. The molecule has 0 heterocycles. The summed E-state index contributed by atoms with van der Waals surface area (Å²) in [5, 5.41) is 0.762. The van der Waals surface area contributed by atoms with Crippen molar-refractivity contribution in [1.29, 1.82) is 0 Å². The Morgan fingerprint density at radius 1 is 1.31 bits per heavy atom. The van der Waals surface area contributed by atoms with Crippen LogP contribution in [0.2, 0.25) is 0 Å². The Labute approximate surface area is 95.8 Å². The Kier molecular flexibility index (Phi) is 6.60. The van der Waals surface area contributed by atoms with E-state index in [2.05, 4.69) is 31.9 Å². The minimum Gasteiger partial charge on any atom is -0.206 e. The molecule has 0 aromatic heterocycles.